The average Bonchev–Trinajstić information content (AvgIpc) is 2.74. The van der Waals surface area contributed by atoms with E-state index in [2.05, 4.69) is 10.2 Å². The minimum atomic E-state index is 0.0952. The van der Waals surface area contributed by atoms with Gasteiger partial charge in [0.25, 0.3) is 0 Å². The van der Waals surface area contributed by atoms with Crippen molar-refractivity contribution in [1.82, 2.24) is 10.2 Å². The van der Waals surface area contributed by atoms with Crippen molar-refractivity contribution in [2.75, 3.05) is 26.7 Å². The fourth-order valence-electron chi connectivity index (χ4n) is 2.60. The van der Waals surface area contributed by atoms with Crippen LogP contribution in [0.2, 0.25) is 0 Å². The molecule has 0 aromatic heterocycles. The van der Waals surface area contributed by atoms with Crippen LogP contribution in [0.3, 0.4) is 0 Å². The molecule has 20 heavy (non-hydrogen) atoms. The molecular weight excluding hydrogens is 252 g/mol. The molecule has 2 rings (SSSR count). The molecule has 1 aliphatic rings. The average molecular weight is 276 g/mol. The first-order valence-corrected chi connectivity index (χ1v) is 7.40. The largest absolute Gasteiger partial charge is 0.496 e. The van der Waals surface area contributed by atoms with Crippen molar-refractivity contribution in [3.63, 3.8) is 0 Å². The van der Waals surface area contributed by atoms with Crippen molar-refractivity contribution >= 4 is 5.91 Å². The van der Waals surface area contributed by atoms with E-state index in [-0.39, 0.29) is 5.91 Å². The highest BCUT2D eigenvalue weighted by Gasteiger charge is 2.13. The lowest BCUT2D eigenvalue weighted by Gasteiger charge is -2.19. The fraction of sp³-hybridized carbons (Fsp3) is 0.562. The number of carbonyl (C=O) groups is 1. The molecule has 0 spiro atoms. The molecule has 0 bridgehead atoms. The molecule has 4 heteroatoms. The van der Waals surface area contributed by atoms with Crippen molar-refractivity contribution in [3.8, 4) is 5.75 Å². The SMILES string of the molecule is COc1ccccc1CNC(=O)CN1CCCCCC1. The maximum Gasteiger partial charge on any atom is 0.234 e. The minimum absolute atomic E-state index is 0.0952. The Hall–Kier alpha value is -1.55. The number of amides is 1. The van der Waals surface area contributed by atoms with Gasteiger partial charge < -0.3 is 10.1 Å². The standard InChI is InChI=1S/C16H24N2O2/c1-20-15-9-5-4-8-14(15)12-17-16(19)13-18-10-6-2-3-7-11-18/h4-5,8-9H,2-3,6-7,10-13H2,1H3,(H,17,19). The van der Waals surface area contributed by atoms with Gasteiger partial charge in [0.15, 0.2) is 0 Å². The normalized spacial score (nSPS) is 16.4. The molecular formula is C16H24N2O2. The summed E-state index contributed by atoms with van der Waals surface area (Å²) >= 11 is 0. The van der Waals surface area contributed by atoms with E-state index in [0.717, 1.165) is 24.4 Å². The van der Waals surface area contributed by atoms with Gasteiger partial charge in [-0.3, -0.25) is 9.69 Å². The number of hydrogen-bond acceptors (Lipinski definition) is 3. The van der Waals surface area contributed by atoms with E-state index < -0.39 is 0 Å². The number of methoxy groups -OCH3 is 1. The van der Waals surface area contributed by atoms with Crippen LogP contribution < -0.4 is 10.1 Å². The molecule has 1 fully saturated rings. The number of carbonyl (C=O) groups excluding carboxylic acids is 1. The van der Waals surface area contributed by atoms with Crippen molar-refractivity contribution < 1.29 is 9.53 Å². The third kappa shape index (κ3) is 4.53. The predicted octanol–water partition coefficient (Wildman–Crippen LogP) is 2.19. The third-order valence-electron chi connectivity index (χ3n) is 3.73. The van der Waals surface area contributed by atoms with Gasteiger partial charge in [-0.15, -0.1) is 0 Å². The van der Waals surface area contributed by atoms with Crippen LogP contribution in [0.5, 0.6) is 5.75 Å². The van der Waals surface area contributed by atoms with Gasteiger partial charge in [-0.25, -0.2) is 0 Å². The second-order valence-corrected chi connectivity index (χ2v) is 5.28. The molecule has 0 unspecified atom stereocenters. The van der Waals surface area contributed by atoms with Gasteiger partial charge in [0.1, 0.15) is 5.75 Å². The van der Waals surface area contributed by atoms with E-state index in [9.17, 15) is 4.79 Å². The van der Waals surface area contributed by atoms with Crippen LogP contribution >= 0.6 is 0 Å². The van der Waals surface area contributed by atoms with Crippen LogP contribution in [0, 0.1) is 0 Å². The van der Waals surface area contributed by atoms with Crippen LogP contribution in [0.25, 0.3) is 0 Å². The summed E-state index contributed by atoms with van der Waals surface area (Å²) in [7, 11) is 1.65. The molecule has 110 valence electrons. The third-order valence-corrected chi connectivity index (χ3v) is 3.73. The van der Waals surface area contributed by atoms with E-state index in [4.69, 9.17) is 4.74 Å². The second-order valence-electron chi connectivity index (χ2n) is 5.28. The number of rotatable bonds is 5. The van der Waals surface area contributed by atoms with Gasteiger partial charge >= 0.3 is 0 Å². The van der Waals surface area contributed by atoms with Crippen molar-refractivity contribution in [2.24, 2.45) is 0 Å². The molecule has 1 aromatic rings. The summed E-state index contributed by atoms with van der Waals surface area (Å²) in [5, 5.41) is 2.98. The van der Waals surface area contributed by atoms with Crippen LogP contribution in [0.15, 0.2) is 24.3 Å². The van der Waals surface area contributed by atoms with Crippen molar-refractivity contribution in [1.29, 1.82) is 0 Å². The zero-order valence-corrected chi connectivity index (χ0v) is 12.2. The van der Waals surface area contributed by atoms with Crippen LogP contribution in [0.4, 0.5) is 0 Å². The monoisotopic (exact) mass is 276 g/mol. The van der Waals surface area contributed by atoms with Gasteiger partial charge in [-0.05, 0) is 32.0 Å². The zero-order chi connectivity index (χ0) is 14.2. The lowest BCUT2D eigenvalue weighted by molar-refractivity contribution is -0.122. The first-order valence-electron chi connectivity index (χ1n) is 7.40. The number of nitrogens with zero attached hydrogens (tertiary/aromatic N) is 1. The second kappa shape index (κ2) is 7.90. The van der Waals surface area contributed by atoms with Gasteiger partial charge in [0.05, 0.1) is 13.7 Å². The van der Waals surface area contributed by atoms with Crippen LogP contribution in [0.1, 0.15) is 31.2 Å². The molecule has 1 amide bonds. The Morgan fingerprint density at radius 2 is 1.90 bits per heavy atom. The fourth-order valence-corrected chi connectivity index (χ4v) is 2.60. The lowest BCUT2D eigenvalue weighted by Crippen LogP contribution is -2.37. The highest BCUT2D eigenvalue weighted by molar-refractivity contribution is 5.78. The van der Waals surface area contributed by atoms with Crippen molar-refractivity contribution in [3.05, 3.63) is 29.8 Å². The van der Waals surface area contributed by atoms with E-state index in [1.807, 2.05) is 24.3 Å². The Morgan fingerprint density at radius 3 is 2.60 bits per heavy atom. The molecule has 1 heterocycles. The van der Waals surface area contributed by atoms with E-state index >= 15 is 0 Å². The Labute approximate surface area is 121 Å². The number of para-hydroxylation sites is 1. The number of nitrogens with one attached hydrogen (secondary N) is 1. The summed E-state index contributed by atoms with van der Waals surface area (Å²) in [6, 6.07) is 7.78. The highest BCUT2D eigenvalue weighted by atomic mass is 16.5. The van der Waals surface area contributed by atoms with E-state index in [0.29, 0.717) is 13.1 Å². The summed E-state index contributed by atoms with van der Waals surface area (Å²) in [4.78, 5) is 14.3. The number of hydrogen-bond donors (Lipinski definition) is 1. The summed E-state index contributed by atoms with van der Waals surface area (Å²) in [6.45, 7) is 3.12. The predicted molar refractivity (Wildman–Crippen MR) is 79.7 cm³/mol. The van der Waals surface area contributed by atoms with E-state index in [1.54, 1.807) is 7.11 Å². The Kier molecular flexibility index (Phi) is 5.87. The summed E-state index contributed by atoms with van der Waals surface area (Å²) < 4.78 is 5.28. The summed E-state index contributed by atoms with van der Waals surface area (Å²) in [5.74, 6) is 0.917. The Bertz CT molecular complexity index is 426. The van der Waals surface area contributed by atoms with Gasteiger partial charge in [-0.2, -0.15) is 0 Å². The lowest BCUT2D eigenvalue weighted by atomic mass is 10.2. The van der Waals surface area contributed by atoms with Crippen LogP contribution in [-0.4, -0.2) is 37.6 Å². The first kappa shape index (κ1) is 14.9. The topological polar surface area (TPSA) is 41.6 Å². The molecule has 0 radical (unpaired) electrons. The highest BCUT2D eigenvalue weighted by Crippen LogP contribution is 2.16. The summed E-state index contributed by atoms with van der Waals surface area (Å²) in [5.41, 5.74) is 1.01. The van der Waals surface area contributed by atoms with E-state index in [1.165, 1.54) is 25.7 Å². The maximum absolute atomic E-state index is 12.0. The molecule has 0 atom stereocenters. The maximum atomic E-state index is 12.0. The zero-order valence-electron chi connectivity index (χ0n) is 12.2. The van der Waals surface area contributed by atoms with Gasteiger partial charge in [0.2, 0.25) is 5.91 Å². The van der Waals surface area contributed by atoms with Gasteiger partial charge in [-0.1, -0.05) is 31.0 Å². The Morgan fingerprint density at radius 1 is 1.20 bits per heavy atom. The summed E-state index contributed by atoms with van der Waals surface area (Å²) in [6.07, 6.45) is 5.00. The van der Waals surface area contributed by atoms with Crippen molar-refractivity contribution in [2.45, 2.75) is 32.2 Å². The number of ether oxygens (including phenoxy) is 1. The van der Waals surface area contributed by atoms with Crippen LogP contribution in [-0.2, 0) is 11.3 Å². The molecule has 0 saturated carbocycles. The molecule has 1 N–H and O–H groups in total. The minimum Gasteiger partial charge on any atom is -0.496 e. The smallest absolute Gasteiger partial charge is 0.234 e. The number of likely N-dealkylation sites (tertiary alicyclic amines) is 1. The number of benzene rings is 1. The molecule has 0 aliphatic carbocycles. The quantitative estimate of drug-likeness (QED) is 0.896. The first-order chi connectivity index (χ1) is 9.79. The van der Waals surface area contributed by atoms with Gasteiger partial charge in [0, 0.05) is 12.1 Å². The Balaban J connectivity index is 1.79. The molecule has 1 aromatic carbocycles. The molecule has 1 saturated heterocycles. The molecule has 4 nitrogen and oxygen atoms in total. The molecule has 1 aliphatic heterocycles.